The normalized spacial score (nSPS) is 19.2. The van der Waals surface area contributed by atoms with Crippen molar-refractivity contribution in [2.24, 2.45) is 5.92 Å². The monoisotopic (exact) mass is 292 g/mol. The zero-order chi connectivity index (χ0) is 13.5. The molecule has 0 aromatic heterocycles. The number of amides is 1. The molecular weight excluding hydrogens is 268 g/mol. The zero-order valence-electron chi connectivity index (χ0n) is 11.7. The minimum absolute atomic E-state index is 0. The second kappa shape index (κ2) is 9.15. The van der Waals surface area contributed by atoms with Gasteiger partial charge in [-0.05, 0) is 38.1 Å². The average molecular weight is 293 g/mol. The van der Waals surface area contributed by atoms with Gasteiger partial charge >= 0.3 is 5.97 Å². The number of hydrogen-bond donors (Lipinski definition) is 2. The summed E-state index contributed by atoms with van der Waals surface area (Å²) in [5.41, 5.74) is 0. The average Bonchev–Trinajstić information content (AvgIpc) is 2.71. The summed E-state index contributed by atoms with van der Waals surface area (Å²) >= 11 is 0. The third kappa shape index (κ3) is 7.38. The molecule has 1 aliphatic rings. The lowest BCUT2D eigenvalue weighted by Crippen LogP contribution is -2.41. The molecule has 1 unspecified atom stereocenters. The molecule has 112 valence electrons. The SMILES string of the molecule is CC(C)CCC1CCCN1CC(=O)NCC(=O)O.Cl. The fourth-order valence-electron chi connectivity index (χ4n) is 2.37. The van der Waals surface area contributed by atoms with Crippen molar-refractivity contribution in [1.82, 2.24) is 10.2 Å². The molecule has 0 aliphatic carbocycles. The van der Waals surface area contributed by atoms with Crippen LogP contribution in [-0.2, 0) is 9.59 Å². The van der Waals surface area contributed by atoms with Crippen LogP contribution in [0, 0.1) is 5.92 Å². The maximum atomic E-state index is 11.6. The molecule has 6 heteroatoms. The standard InChI is InChI=1S/C13H24N2O3.ClH/c1-10(2)5-6-11-4-3-7-15(11)9-12(16)14-8-13(17)18;/h10-11H,3-9H2,1-2H3,(H,14,16)(H,17,18);1H. The van der Waals surface area contributed by atoms with E-state index < -0.39 is 5.97 Å². The van der Waals surface area contributed by atoms with Gasteiger partial charge in [-0.2, -0.15) is 0 Å². The van der Waals surface area contributed by atoms with E-state index in [1.54, 1.807) is 0 Å². The van der Waals surface area contributed by atoms with Crippen molar-refractivity contribution in [2.75, 3.05) is 19.6 Å². The molecule has 1 fully saturated rings. The first-order valence-electron chi connectivity index (χ1n) is 6.71. The van der Waals surface area contributed by atoms with Crippen molar-refractivity contribution < 1.29 is 14.7 Å². The van der Waals surface area contributed by atoms with Gasteiger partial charge in [-0.1, -0.05) is 13.8 Å². The van der Waals surface area contributed by atoms with Crippen molar-refractivity contribution in [3.63, 3.8) is 0 Å². The van der Waals surface area contributed by atoms with Crippen molar-refractivity contribution in [1.29, 1.82) is 0 Å². The van der Waals surface area contributed by atoms with Gasteiger partial charge < -0.3 is 10.4 Å². The number of aliphatic carboxylic acids is 1. The summed E-state index contributed by atoms with van der Waals surface area (Å²) in [5.74, 6) is -0.497. The molecule has 1 rings (SSSR count). The van der Waals surface area contributed by atoms with Gasteiger partial charge in [0, 0.05) is 6.04 Å². The number of nitrogens with zero attached hydrogens (tertiary/aromatic N) is 1. The van der Waals surface area contributed by atoms with Crippen LogP contribution >= 0.6 is 12.4 Å². The molecule has 1 heterocycles. The zero-order valence-corrected chi connectivity index (χ0v) is 12.5. The lowest BCUT2D eigenvalue weighted by Gasteiger charge is -2.24. The Hall–Kier alpha value is -0.810. The third-order valence-corrected chi connectivity index (χ3v) is 3.36. The fourth-order valence-corrected chi connectivity index (χ4v) is 2.37. The van der Waals surface area contributed by atoms with E-state index in [9.17, 15) is 9.59 Å². The molecule has 2 N–H and O–H groups in total. The Balaban J connectivity index is 0.00000324. The van der Waals surface area contributed by atoms with Gasteiger partial charge in [0.2, 0.25) is 5.91 Å². The largest absolute Gasteiger partial charge is 0.480 e. The van der Waals surface area contributed by atoms with Crippen LogP contribution in [0.1, 0.15) is 39.5 Å². The number of halogens is 1. The van der Waals surface area contributed by atoms with E-state index in [-0.39, 0.29) is 24.9 Å². The highest BCUT2D eigenvalue weighted by molar-refractivity contribution is 5.85. The van der Waals surface area contributed by atoms with Crippen molar-refractivity contribution in [2.45, 2.75) is 45.6 Å². The summed E-state index contributed by atoms with van der Waals surface area (Å²) in [7, 11) is 0. The Kier molecular flexibility index (Phi) is 8.76. The molecule has 1 amide bonds. The van der Waals surface area contributed by atoms with Gasteiger partial charge in [-0.3, -0.25) is 14.5 Å². The van der Waals surface area contributed by atoms with Crippen molar-refractivity contribution >= 4 is 24.3 Å². The lowest BCUT2D eigenvalue weighted by atomic mass is 10.0. The van der Waals surface area contributed by atoms with Crippen LogP contribution in [0.15, 0.2) is 0 Å². The quantitative estimate of drug-likeness (QED) is 0.746. The molecular formula is C13H25ClN2O3. The molecule has 0 radical (unpaired) electrons. The second-order valence-electron chi connectivity index (χ2n) is 5.41. The minimum atomic E-state index is -0.999. The van der Waals surface area contributed by atoms with Crippen LogP contribution < -0.4 is 5.32 Å². The summed E-state index contributed by atoms with van der Waals surface area (Å²) in [6.07, 6.45) is 4.59. The van der Waals surface area contributed by atoms with E-state index >= 15 is 0 Å². The smallest absolute Gasteiger partial charge is 0.322 e. The highest BCUT2D eigenvalue weighted by Crippen LogP contribution is 2.22. The van der Waals surface area contributed by atoms with Crippen LogP contribution in [0.3, 0.4) is 0 Å². The fraction of sp³-hybridized carbons (Fsp3) is 0.846. The van der Waals surface area contributed by atoms with Gasteiger partial charge in [0.15, 0.2) is 0 Å². The van der Waals surface area contributed by atoms with Gasteiger partial charge in [0.05, 0.1) is 6.54 Å². The first-order valence-corrected chi connectivity index (χ1v) is 6.71. The van der Waals surface area contributed by atoms with Gasteiger partial charge in [-0.15, -0.1) is 12.4 Å². The Morgan fingerprint density at radius 2 is 2.11 bits per heavy atom. The van der Waals surface area contributed by atoms with E-state index in [4.69, 9.17) is 5.11 Å². The summed E-state index contributed by atoms with van der Waals surface area (Å²) in [6, 6.07) is 0.489. The molecule has 1 aliphatic heterocycles. The molecule has 0 spiro atoms. The molecule has 1 saturated heterocycles. The number of carboxylic acid groups (broad SMARTS) is 1. The molecule has 1 atom stereocenters. The number of nitrogens with one attached hydrogen (secondary N) is 1. The predicted octanol–water partition coefficient (Wildman–Crippen LogP) is 1.51. The summed E-state index contributed by atoms with van der Waals surface area (Å²) in [6.45, 7) is 5.40. The first kappa shape index (κ1) is 18.2. The number of carbonyl (C=O) groups excluding carboxylic acids is 1. The maximum Gasteiger partial charge on any atom is 0.322 e. The second-order valence-corrected chi connectivity index (χ2v) is 5.41. The third-order valence-electron chi connectivity index (χ3n) is 3.36. The van der Waals surface area contributed by atoms with E-state index in [0.29, 0.717) is 18.5 Å². The van der Waals surface area contributed by atoms with Crippen LogP contribution in [-0.4, -0.2) is 47.6 Å². The van der Waals surface area contributed by atoms with Gasteiger partial charge in [0.1, 0.15) is 6.54 Å². The van der Waals surface area contributed by atoms with Crippen molar-refractivity contribution in [3.05, 3.63) is 0 Å². The van der Waals surface area contributed by atoms with Gasteiger partial charge in [0.25, 0.3) is 0 Å². The lowest BCUT2D eigenvalue weighted by molar-refractivity contribution is -0.138. The molecule has 19 heavy (non-hydrogen) atoms. The maximum absolute atomic E-state index is 11.6. The number of carbonyl (C=O) groups is 2. The first-order chi connectivity index (χ1) is 8.49. The van der Waals surface area contributed by atoms with Crippen LogP contribution in [0.5, 0.6) is 0 Å². The number of rotatable bonds is 7. The van der Waals surface area contributed by atoms with Crippen LogP contribution in [0.25, 0.3) is 0 Å². The van der Waals surface area contributed by atoms with E-state index in [1.165, 1.54) is 6.42 Å². The molecule has 0 aromatic carbocycles. The molecule has 5 nitrogen and oxygen atoms in total. The predicted molar refractivity (Wildman–Crippen MR) is 76.6 cm³/mol. The van der Waals surface area contributed by atoms with Gasteiger partial charge in [-0.25, -0.2) is 0 Å². The molecule has 0 bridgehead atoms. The van der Waals surface area contributed by atoms with Crippen molar-refractivity contribution in [3.8, 4) is 0 Å². The van der Waals surface area contributed by atoms with Crippen LogP contribution in [0.2, 0.25) is 0 Å². The number of hydrogen-bond acceptors (Lipinski definition) is 3. The molecule has 0 aromatic rings. The van der Waals surface area contributed by atoms with E-state index in [0.717, 1.165) is 25.8 Å². The summed E-state index contributed by atoms with van der Waals surface area (Å²) in [4.78, 5) is 24.1. The van der Waals surface area contributed by atoms with E-state index in [1.807, 2.05) is 0 Å². The Morgan fingerprint density at radius 1 is 1.42 bits per heavy atom. The summed E-state index contributed by atoms with van der Waals surface area (Å²) in [5, 5.41) is 10.9. The Morgan fingerprint density at radius 3 is 2.68 bits per heavy atom. The Labute approximate surface area is 121 Å². The highest BCUT2D eigenvalue weighted by atomic mass is 35.5. The summed E-state index contributed by atoms with van der Waals surface area (Å²) < 4.78 is 0. The highest BCUT2D eigenvalue weighted by Gasteiger charge is 2.25. The minimum Gasteiger partial charge on any atom is -0.480 e. The van der Waals surface area contributed by atoms with Crippen LogP contribution in [0.4, 0.5) is 0 Å². The molecule has 0 saturated carbocycles. The Bertz CT molecular complexity index is 298. The van der Waals surface area contributed by atoms with E-state index in [2.05, 4.69) is 24.1 Å². The number of carboxylic acids is 1. The number of likely N-dealkylation sites (tertiary alicyclic amines) is 1. The topological polar surface area (TPSA) is 69.6 Å².